The van der Waals surface area contributed by atoms with Gasteiger partial charge >= 0.3 is 6.09 Å². The second-order valence-corrected chi connectivity index (χ2v) is 10.3. The molecule has 5 aliphatic rings. The van der Waals surface area contributed by atoms with Gasteiger partial charge in [-0.2, -0.15) is 0 Å². The van der Waals surface area contributed by atoms with Crippen molar-refractivity contribution in [2.45, 2.75) is 56.9 Å². The molecule has 0 aromatic heterocycles. The predicted molar refractivity (Wildman–Crippen MR) is 112 cm³/mol. The molecule has 1 aliphatic heterocycles. The number of nitrogens with zero attached hydrogens (tertiary/aromatic N) is 2. The maximum atomic E-state index is 13.4. The first-order valence-electron chi connectivity index (χ1n) is 10.9. The molecule has 1 heterocycles. The van der Waals surface area contributed by atoms with Crippen LogP contribution in [0.4, 0.5) is 10.5 Å². The molecule has 1 N–H and O–H groups in total. The first-order valence-corrected chi connectivity index (χ1v) is 11.3. The van der Waals surface area contributed by atoms with E-state index in [-0.39, 0.29) is 11.5 Å². The summed E-state index contributed by atoms with van der Waals surface area (Å²) in [6.45, 7) is 0.882. The second kappa shape index (κ2) is 6.90. The average Bonchev–Trinajstić information content (AvgIpc) is 3.03. The minimum atomic E-state index is -1.02. The van der Waals surface area contributed by atoms with E-state index in [1.165, 1.54) is 45.6 Å². The molecule has 0 radical (unpaired) electrons. The van der Waals surface area contributed by atoms with Gasteiger partial charge in [0.15, 0.2) is 0 Å². The van der Waals surface area contributed by atoms with E-state index in [4.69, 9.17) is 16.7 Å². The van der Waals surface area contributed by atoms with Gasteiger partial charge in [-0.1, -0.05) is 17.7 Å². The Bertz CT molecular complexity index is 819. The van der Waals surface area contributed by atoms with Crippen molar-refractivity contribution in [2.75, 3.05) is 18.5 Å². The number of carbonyl (C=O) groups excluding carboxylic acids is 1. The fourth-order valence-electron chi connectivity index (χ4n) is 7.08. The molecule has 4 saturated carbocycles. The highest BCUT2D eigenvalue weighted by Crippen LogP contribution is 2.58. The zero-order valence-corrected chi connectivity index (χ0v) is 17.7. The van der Waals surface area contributed by atoms with Gasteiger partial charge in [0.25, 0.3) is 0 Å². The van der Waals surface area contributed by atoms with E-state index in [0.717, 1.165) is 41.2 Å². The van der Waals surface area contributed by atoms with Gasteiger partial charge in [-0.15, -0.1) is 0 Å². The van der Waals surface area contributed by atoms with Crippen LogP contribution in [0.5, 0.6) is 0 Å². The Labute approximate surface area is 177 Å². The van der Waals surface area contributed by atoms with Gasteiger partial charge in [0.05, 0.1) is 0 Å². The van der Waals surface area contributed by atoms with E-state index in [2.05, 4.69) is 4.90 Å². The van der Waals surface area contributed by atoms with Crippen molar-refractivity contribution in [2.24, 2.45) is 23.7 Å². The minimum Gasteiger partial charge on any atom is -0.465 e. The van der Waals surface area contributed by atoms with Crippen LogP contribution in [-0.2, 0) is 11.2 Å². The van der Waals surface area contributed by atoms with E-state index >= 15 is 0 Å². The number of carbonyl (C=O) groups is 2. The molecule has 1 atom stereocenters. The molecule has 5 nitrogen and oxygen atoms in total. The number of hydrogen-bond donors (Lipinski definition) is 1. The van der Waals surface area contributed by atoms with Gasteiger partial charge in [-0.3, -0.25) is 9.69 Å². The molecule has 2 amide bonds. The van der Waals surface area contributed by atoms with E-state index < -0.39 is 6.09 Å². The van der Waals surface area contributed by atoms with Crippen LogP contribution in [0.15, 0.2) is 18.2 Å². The fourth-order valence-corrected chi connectivity index (χ4v) is 7.33. The molecule has 156 valence electrons. The topological polar surface area (TPSA) is 60.9 Å². The van der Waals surface area contributed by atoms with Gasteiger partial charge in [-0.25, -0.2) is 4.79 Å². The first-order chi connectivity index (χ1) is 13.8. The molecule has 4 bridgehead atoms. The van der Waals surface area contributed by atoms with Crippen LogP contribution >= 0.6 is 11.6 Å². The van der Waals surface area contributed by atoms with Crippen LogP contribution in [0.2, 0.25) is 5.02 Å². The monoisotopic (exact) mass is 416 g/mol. The fraction of sp³-hybridized carbons (Fsp3) is 0.652. The Hall–Kier alpha value is -1.75. The Balaban J connectivity index is 1.31. The largest absolute Gasteiger partial charge is 0.465 e. The van der Waals surface area contributed by atoms with Crippen molar-refractivity contribution in [3.63, 3.8) is 0 Å². The average molecular weight is 417 g/mol. The summed E-state index contributed by atoms with van der Waals surface area (Å²) >= 11 is 6.45. The third-order valence-electron chi connectivity index (χ3n) is 8.07. The summed E-state index contributed by atoms with van der Waals surface area (Å²) in [5.41, 5.74) is 1.61. The maximum Gasteiger partial charge on any atom is 0.411 e. The lowest BCUT2D eigenvalue weighted by Crippen LogP contribution is -2.60. The minimum absolute atomic E-state index is 0.0106. The van der Waals surface area contributed by atoms with Gasteiger partial charge in [0.2, 0.25) is 5.91 Å². The lowest BCUT2D eigenvalue weighted by atomic mass is 9.52. The number of anilines is 1. The van der Waals surface area contributed by atoms with Crippen LogP contribution in [0.25, 0.3) is 0 Å². The number of rotatable bonds is 4. The van der Waals surface area contributed by atoms with Gasteiger partial charge in [0.1, 0.15) is 0 Å². The summed E-state index contributed by atoms with van der Waals surface area (Å²) < 4.78 is 0. The maximum absolute atomic E-state index is 13.4. The number of likely N-dealkylation sites (tertiary alicyclic amines) is 1. The van der Waals surface area contributed by atoms with Gasteiger partial charge in [-0.05, 0) is 86.8 Å². The molecular weight excluding hydrogens is 388 g/mol. The lowest BCUT2D eigenvalue weighted by molar-refractivity contribution is -0.147. The van der Waals surface area contributed by atoms with Crippen molar-refractivity contribution < 1.29 is 14.7 Å². The highest BCUT2D eigenvalue weighted by molar-refractivity contribution is 6.31. The van der Waals surface area contributed by atoms with E-state index in [1.54, 1.807) is 12.1 Å². The van der Waals surface area contributed by atoms with Crippen molar-refractivity contribution in [1.82, 2.24) is 4.90 Å². The zero-order chi connectivity index (χ0) is 20.3. The van der Waals surface area contributed by atoms with Crippen molar-refractivity contribution in [1.29, 1.82) is 0 Å². The number of carboxylic acid groups (broad SMARTS) is 1. The molecule has 6 heteroatoms. The Morgan fingerprint density at radius 2 is 1.83 bits per heavy atom. The summed E-state index contributed by atoms with van der Waals surface area (Å²) in [6.07, 6.45) is 8.32. The predicted octanol–water partition coefficient (Wildman–Crippen LogP) is 4.81. The molecule has 1 unspecified atom stereocenters. The third kappa shape index (κ3) is 3.22. The van der Waals surface area contributed by atoms with E-state index in [1.807, 2.05) is 6.07 Å². The standard InChI is InChI=1S/C23H29ClN2O3/c1-25(22(28)29)19-3-2-17(20(24)10-19)9-18-4-5-26(21(18)27)23-11-14-6-15(12-23)8-16(7-14)13-23/h2-3,10,14-16,18H,4-9,11-13H2,1H3,(H,28,29). The molecule has 29 heavy (non-hydrogen) atoms. The number of hydrogen-bond acceptors (Lipinski definition) is 2. The second-order valence-electron chi connectivity index (χ2n) is 9.94. The van der Waals surface area contributed by atoms with Crippen LogP contribution in [0, 0.1) is 23.7 Å². The summed E-state index contributed by atoms with van der Waals surface area (Å²) in [4.78, 5) is 28.0. The molecule has 5 fully saturated rings. The lowest BCUT2D eigenvalue weighted by Gasteiger charge is -2.60. The molecule has 1 aromatic rings. The van der Waals surface area contributed by atoms with Crippen LogP contribution < -0.4 is 4.90 Å². The molecule has 0 spiro atoms. The Morgan fingerprint density at radius 1 is 1.21 bits per heavy atom. The highest BCUT2D eigenvalue weighted by Gasteiger charge is 2.56. The zero-order valence-electron chi connectivity index (χ0n) is 16.9. The number of amides is 2. The molecular formula is C23H29ClN2O3. The normalized spacial score (nSPS) is 35.4. The van der Waals surface area contributed by atoms with Gasteiger partial charge < -0.3 is 10.0 Å². The van der Waals surface area contributed by atoms with Gasteiger partial charge in [0, 0.05) is 35.8 Å². The smallest absolute Gasteiger partial charge is 0.411 e. The first kappa shape index (κ1) is 19.2. The van der Waals surface area contributed by atoms with E-state index in [9.17, 15) is 9.59 Å². The molecule has 1 aromatic carbocycles. The van der Waals surface area contributed by atoms with Crippen molar-refractivity contribution in [3.8, 4) is 0 Å². The third-order valence-corrected chi connectivity index (χ3v) is 8.42. The van der Waals surface area contributed by atoms with Crippen molar-refractivity contribution >= 4 is 29.3 Å². The summed E-state index contributed by atoms with van der Waals surface area (Å²) in [7, 11) is 1.50. The Morgan fingerprint density at radius 3 is 2.38 bits per heavy atom. The summed E-state index contributed by atoms with van der Waals surface area (Å²) in [5.74, 6) is 2.81. The molecule has 1 saturated heterocycles. The van der Waals surface area contributed by atoms with Crippen molar-refractivity contribution in [3.05, 3.63) is 28.8 Å². The van der Waals surface area contributed by atoms with E-state index in [0.29, 0.717) is 23.0 Å². The van der Waals surface area contributed by atoms with Crippen LogP contribution in [0.3, 0.4) is 0 Å². The Kier molecular flexibility index (Phi) is 4.57. The van der Waals surface area contributed by atoms with Crippen LogP contribution in [0.1, 0.15) is 50.5 Å². The molecule has 6 rings (SSSR count). The highest BCUT2D eigenvalue weighted by atomic mass is 35.5. The number of halogens is 1. The summed E-state index contributed by atoms with van der Waals surface area (Å²) in [6, 6.07) is 5.32. The molecule has 4 aliphatic carbocycles. The van der Waals surface area contributed by atoms with Crippen LogP contribution in [-0.4, -0.2) is 41.1 Å². The SMILES string of the molecule is CN(C(=O)O)c1ccc(CC2CCN(C34CC5CC(CC(C5)C3)C4)C2=O)c(Cl)c1. The number of benzene rings is 1. The quantitative estimate of drug-likeness (QED) is 0.765. The summed E-state index contributed by atoms with van der Waals surface area (Å²) in [5, 5.41) is 9.68.